The Morgan fingerprint density at radius 3 is 2.36 bits per heavy atom. The molecule has 0 spiro atoms. The van der Waals surface area contributed by atoms with E-state index in [1.165, 1.54) is 0 Å². The van der Waals surface area contributed by atoms with E-state index in [2.05, 4.69) is 11.1 Å². The molecule has 0 unspecified atom stereocenters. The summed E-state index contributed by atoms with van der Waals surface area (Å²) in [4.78, 5) is 4.22. The molecule has 0 amide bonds. The number of benzene rings is 1. The van der Waals surface area contributed by atoms with Crippen LogP contribution in [-0.4, -0.2) is 4.98 Å². The van der Waals surface area contributed by atoms with Gasteiger partial charge in [-0.25, -0.2) is 0 Å². The fourth-order valence-electron chi connectivity index (χ4n) is 1.07. The smallest absolute Gasteiger partial charge is 0.0160 e. The minimum absolute atomic E-state index is 0. The van der Waals surface area contributed by atoms with Crippen molar-refractivity contribution in [1.29, 1.82) is 0 Å². The fourth-order valence-corrected chi connectivity index (χ4v) is 1.07. The van der Waals surface area contributed by atoms with E-state index in [4.69, 9.17) is 0 Å². The van der Waals surface area contributed by atoms with Gasteiger partial charge in [-0.15, -0.1) is 35.9 Å². The van der Waals surface area contributed by atoms with Crippen molar-refractivity contribution in [3.8, 4) is 11.3 Å². The molecule has 75 valence electrons. The van der Waals surface area contributed by atoms with Crippen LogP contribution in [-0.2, 0) is 20.1 Å². The fraction of sp³-hybridized carbons (Fsp3) is 0.0833. The molecule has 1 heterocycles. The summed E-state index contributed by atoms with van der Waals surface area (Å²) in [6.45, 7) is 0. The molecule has 1 nitrogen and oxygen atoms in total. The van der Waals surface area contributed by atoms with Gasteiger partial charge in [0, 0.05) is 26.3 Å². The minimum atomic E-state index is 0. The largest absolute Gasteiger partial charge is 0.305 e. The number of hydrogen-bond donors (Lipinski definition) is 0. The first-order valence-corrected chi connectivity index (χ1v) is 3.85. The van der Waals surface area contributed by atoms with Gasteiger partial charge < -0.3 is 4.98 Å². The van der Waals surface area contributed by atoms with Crippen molar-refractivity contribution >= 4 is 0 Å². The van der Waals surface area contributed by atoms with Crippen LogP contribution in [0.5, 0.6) is 0 Å². The number of hydrogen-bond acceptors (Lipinski definition) is 1. The third-order valence-electron chi connectivity index (χ3n) is 1.65. The van der Waals surface area contributed by atoms with Crippen molar-refractivity contribution < 1.29 is 20.1 Å². The van der Waals surface area contributed by atoms with Crippen LogP contribution in [0, 0.1) is 6.07 Å². The third-order valence-corrected chi connectivity index (χ3v) is 1.65. The van der Waals surface area contributed by atoms with E-state index in [0.29, 0.717) is 0 Å². The van der Waals surface area contributed by atoms with E-state index in [9.17, 15) is 0 Å². The molecule has 2 aromatic rings. The maximum absolute atomic E-state index is 4.22. The van der Waals surface area contributed by atoms with E-state index in [1.807, 2.05) is 42.5 Å². The predicted molar refractivity (Wildman–Crippen MR) is 55.2 cm³/mol. The van der Waals surface area contributed by atoms with E-state index in [-0.39, 0.29) is 27.5 Å². The van der Waals surface area contributed by atoms with Gasteiger partial charge in [0.25, 0.3) is 0 Å². The Morgan fingerprint density at radius 1 is 1.00 bits per heavy atom. The van der Waals surface area contributed by atoms with Gasteiger partial charge in [-0.2, -0.15) is 0 Å². The maximum atomic E-state index is 4.22. The first-order valence-electron chi connectivity index (χ1n) is 3.85. The van der Waals surface area contributed by atoms with Crippen molar-refractivity contribution in [2.75, 3.05) is 0 Å². The summed E-state index contributed by atoms with van der Waals surface area (Å²) in [5.74, 6) is 0. The molecular formula is C12H12IrN-. The number of pyridine rings is 1. The summed E-state index contributed by atoms with van der Waals surface area (Å²) in [6.07, 6.45) is 1.79. The molecule has 0 aliphatic heterocycles. The van der Waals surface area contributed by atoms with Gasteiger partial charge in [0.15, 0.2) is 0 Å². The van der Waals surface area contributed by atoms with Crippen LogP contribution >= 0.6 is 0 Å². The van der Waals surface area contributed by atoms with Crippen LogP contribution in [0.1, 0.15) is 7.43 Å². The van der Waals surface area contributed by atoms with E-state index in [0.717, 1.165) is 11.3 Å². The summed E-state index contributed by atoms with van der Waals surface area (Å²) in [6, 6.07) is 16.8. The quantitative estimate of drug-likeness (QED) is 0.710. The molecule has 2 heteroatoms. The molecule has 1 radical (unpaired) electrons. The standard InChI is InChI=1S/C11H8N.CH4.Ir/c1-2-6-10(7-3-1)11-8-4-5-9-12-11;;/h1-6,8-9H;1H4;/q-1;;. The van der Waals surface area contributed by atoms with Gasteiger partial charge in [0.05, 0.1) is 0 Å². The number of aromatic nitrogens is 1. The molecule has 0 saturated carbocycles. The molecule has 14 heavy (non-hydrogen) atoms. The molecular weight excluding hydrogens is 350 g/mol. The Morgan fingerprint density at radius 2 is 1.79 bits per heavy atom. The third kappa shape index (κ3) is 3.06. The Labute approximate surface area is 98.6 Å². The first kappa shape index (κ1) is 13.0. The van der Waals surface area contributed by atoms with Gasteiger partial charge in [0.2, 0.25) is 0 Å². The van der Waals surface area contributed by atoms with Crippen LogP contribution in [0.2, 0.25) is 0 Å². The van der Waals surface area contributed by atoms with Crippen molar-refractivity contribution in [1.82, 2.24) is 4.98 Å². The molecule has 0 fully saturated rings. The van der Waals surface area contributed by atoms with Gasteiger partial charge in [-0.1, -0.05) is 19.6 Å². The SMILES string of the molecule is C.[Ir].[c-]1ccccc1-c1ccccn1. The monoisotopic (exact) mass is 363 g/mol. The molecule has 2 rings (SSSR count). The summed E-state index contributed by atoms with van der Waals surface area (Å²) in [7, 11) is 0. The Hall–Kier alpha value is -0.981. The summed E-state index contributed by atoms with van der Waals surface area (Å²) >= 11 is 0. The van der Waals surface area contributed by atoms with Crippen LogP contribution in [0.25, 0.3) is 11.3 Å². The van der Waals surface area contributed by atoms with Gasteiger partial charge in [-0.05, 0) is 11.8 Å². The second-order valence-corrected chi connectivity index (χ2v) is 2.49. The molecule has 0 N–H and O–H groups in total. The first-order chi connectivity index (χ1) is 5.97. The van der Waals surface area contributed by atoms with Crippen molar-refractivity contribution in [2.45, 2.75) is 7.43 Å². The zero-order chi connectivity index (χ0) is 8.23. The normalized spacial score (nSPS) is 8.29. The average molecular weight is 362 g/mol. The summed E-state index contributed by atoms with van der Waals surface area (Å²) in [5.41, 5.74) is 2.01. The van der Waals surface area contributed by atoms with Crippen LogP contribution < -0.4 is 0 Å². The maximum Gasteiger partial charge on any atom is 0.0160 e. The van der Waals surface area contributed by atoms with Gasteiger partial charge in [0.1, 0.15) is 0 Å². The van der Waals surface area contributed by atoms with Crippen molar-refractivity contribution in [3.63, 3.8) is 0 Å². The minimum Gasteiger partial charge on any atom is -0.305 e. The van der Waals surface area contributed by atoms with Crippen LogP contribution in [0.3, 0.4) is 0 Å². The van der Waals surface area contributed by atoms with Crippen LogP contribution in [0.4, 0.5) is 0 Å². The second kappa shape index (κ2) is 6.47. The molecule has 0 saturated heterocycles. The van der Waals surface area contributed by atoms with Crippen molar-refractivity contribution in [3.05, 3.63) is 54.7 Å². The number of rotatable bonds is 1. The van der Waals surface area contributed by atoms with Gasteiger partial charge in [-0.3, -0.25) is 0 Å². The molecule has 0 aliphatic carbocycles. The predicted octanol–water partition coefficient (Wildman–Crippen LogP) is 3.18. The summed E-state index contributed by atoms with van der Waals surface area (Å²) in [5, 5.41) is 0. The Bertz CT molecular complexity index is 308. The molecule has 1 aromatic heterocycles. The molecule has 0 bridgehead atoms. The Balaban J connectivity index is 0.000000845. The zero-order valence-corrected chi connectivity index (χ0v) is 9.29. The summed E-state index contributed by atoms with van der Waals surface area (Å²) < 4.78 is 0. The molecule has 0 aliphatic rings. The van der Waals surface area contributed by atoms with E-state index < -0.39 is 0 Å². The average Bonchev–Trinajstić information content (AvgIpc) is 2.21. The molecule has 1 aromatic carbocycles. The zero-order valence-electron chi connectivity index (χ0n) is 6.90. The van der Waals surface area contributed by atoms with E-state index in [1.54, 1.807) is 6.20 Å². The number of nitrogens with zero attached hydrogens (tertiary/aromatic N) is 1. The van der Waals surface area contributed by atoms with Crippen LogP contribution in [0.15, 0.2) is 48.7 Å². The van der Waals surface area contributed by atoms with Gasteiger partial charge >= 0.3 is 0 Å². The molecule has 0 atom stereocenters. The van der Waals surface area contributed by atoms with Crippen molar-refractivity contribution in [2.24, 2.45) is 0 Å². The Kier molecular flexibility index (Phi) is 6.02. The van der Waals surface area contributed by atoms with E-state index >= 15 is 0 Å². The second-order valence-electron chi connectivity index (χ2n) is 2.49. The topological polar surface area (TPSA) is 12.9 Å².